The molecule has 12 heteroatoms. The Bertz CT molecular complexity index is 1350. The van der Waals surface area contributed by atoms with E-state index in [2.05, 4.69) is 16.0 Å². The Kier molecular flexibility index (Phi) is 15.3. The number of nitrogens with two attached hydrogens (primary N) is 1. The summed E-state index contributed by atoms with van der Waals surface area (Å²) in [4.78, 5) is 63.1. The number of primary amides is 1. The molecule has 4 amide bonds. The number of hydrogen-bond acceptors (Lipinski definition) is 8. The maximum Gasteiger partial charge on any atom is 0.408 e. The van der Waals surface area contributed by atoms with Crippen LogP contribution in [0.5, 0.6) is 0 Å². The number of carbonyl (C=O) groups is 5. The van der Waals surface area contributed by atoms with Crippen molar-refractivity contribution in [2.75, 3.05) is 6.61 Å². The number of rotatable bonds is 17. The number of esters is 1. The van der Waals surface area contributed by atoms with Crippen LogP contribution >= 0.6 is 0 Å². The molecule has 45 heavy (non-hydrogen) atoms. The number of nitriles is 1. The number of nitrogens with zero attached hydrogens (tertiary/aromatic N) is 1. The number of carbonyl (C=O) groups excluding carboxylic acids is 5. The van der Waals surface area contributed by atoms with Crippen molar-refractivity contribution < 1.29 is 33.4 Å². The molecule has 5 N–H and O–H groups in total. The van der Waals surface area contributed by atoms with Gasteiger partial charge in [0.2, 0.25) is 17.7 Å². The Hall–Kier alpha value is -5.18. The first-order valence-corrected chi connectivity index (χ1v) is 14.7. The number of alkyl carbamates (subject to hydrolysis) is 1. The third-order valence-electron chi connectivity index (χ3n) is 6.46. The SMILES string of the molecule is CCOC(=O)/C=C/[C@H](CCC(N)=O)NC(=O)[C@H](Cc1ccc(C#N)cc1)NC(=O)[C@H](CC(C)C)NC(=O)OCc1ccccc1. The summed E-state index contributed by atoms with van der Waals surface area (Å²) in [5.74, 6) is -2.43. The molecule has 0 aromatic heterocycles. The van der Waals surface area contributed by atoms with E-state index in [0.29, 0.717) is 11.1 Å². The summed E-state index contributed by atoms with van der Waals surface area (Å²) in [5.41, 5.74) is 7.16. The molecule has 0 radical (unpaired) electrons. The maximum atomic E-state index is 13.6. The van der Waals surface area contributed by atoms with E-state index in [9.17, 15) is 24.0 Å². The van der Waals surface area contributed by atoms with Crippen molar-refractivity contribution in [3.63, 3.8) is 0 Å². The molecule has 0 aliphatic heterocycles. The van der Waals surface area contributed by atoms with E-state index >= 15 is 0 Å². The van der Waals surface area contributed by atoms with Crippen LogP contribution in [-0.2, 0) is 41.7 Å². The molecule has 0 bridgehead atoms. The summed E-state index contributed by atoms with van der Waals surface area (Å²) in [6.45, 7) is 5.59. The van der Waals surface area contributed by atoms with Gasteiger partial charge in [-0.1, -0.05) is 62.4 Å². The summed E-state index contributed by atoms with van der Waals surface area (Å²) >= 11 is 0. The Morgan fingerprint density at radius 1 is 0.889 bits per heavy atom. The fourth-order valence-corrected chi connectivity index (χ4v) is 4.23. The van der Waals surface area contributed by atoms with Crippen molar-refractivity contribution in [1.82, 2.24) is 16.0 Å². The molecule has 0 spiro atoms. The third kappa shape index (κ3) is 14.2. The highest BCUT2D eigenvalue weighted by molar-refractivity contribution is 5.92. The van der Waals surface area contributed by atoms with Crippen LogP contribution in [0.1, 0.15) is 56.7 Å². The molecule has 0 heterocycles. The lowest BCUT2D eigenvalue weighted by Crippen LogP contribution is -2.55. The van der Waals surface area contributed by atoms with Crippen LogP contribution in [-0.4, -0.2) is 54.5 Å². The number of ether oxygens (including phenoxy) is 2. The Morgan fingerprint density at radius 2 is 1.56 bits per heavy atom. The van der Waals surface area contributed by atoms with E-state index in [1.54, 1.807) is 43.3 Å². The van der Waals surface area contributed by atoms with Crippen molar-refractivity contribution in [2.24, 2.45) is 11.7 Å². The molecule has 0 unspecified atom stereocenters. The van der Waals surface area contributed by atoms with Crippen LogP contribution in [0.2, 0.25) is 0 Å². The fraction of sp³-hybridized carbons (Fsp3) is 0.394. The van der Waals surface area contributed by atoms with E-state index in [1.807, 2.05) is 38.1 Å². The zero-order valence-corrected chi connectivity index (χ0v) is 25.8. The first-order chi connectivity index (χ1) is 21.5. The number of hydrogen-bond donors (Lipinski definition) is 4. The van der Waals surface area contributed by atoms with E-state index in [4.69, 9.17) is 20.5 Å². The number of nitrogens with one attached hydrogen (secondary N) is 3. The molecule has 240 valence electrons. The minimum Gasteiger partial charge on any atom is -0.463 e. The van der Waals surface area contributed by atoms with Crippen LogP contribution in [0, 0.1) is 17.2 Å². The molecular weight excluding hydrogens is 578 g/mol. The normalized spacial score (nSPS) is 12.8. The minimum atomic E-state index is -1.13. The highest BCUT2D eigenvalue weighted by atomic mass is 16.5. The molecule has 3 atom stereocenters. The lowest BCUT2D eigenvalue weighted by Gasteiger charge is -2.25. The molecular formula is C33H41N5O7. The predicted molar refractivity (Wildman–Crippen MR) is 166 cm³/mol. The molecule has 0 saturated carbocycles. The largest absolute Gasteiger partial charge is 0.463 e. The van der Waals surface area contributed by atoms with Gasteiger partial charge in [-0.2, -0.15) is 5.26 Å². The molecule has 0 aliphatic carbocycles. The van der Waals surface area contributed by atoms with Crippen molar-refractivity contribution in [3.05, 3.63) is 83.4 Å². The number of benzene rings is 2. The van der Waals surface area contributed by atoms with E-state index in [0.717, 1.165) is 11.6 Å². The Morgan fingerprint density at radius 3 is 2.16 bits per heavy atom. The van der Waals surface area contributed by atoms with E-state index in [-0.39, 0.29) is 44.8 Å². The van der Waals surface area contributed by atoms with Gasteiger partial charge in [0.05, 0.1) is 18.2 Å². The Labute approximate surface area is 263 Å². The van der Waals surface area contributed by atoms with Gasteiger partial charge in [0.25, 0.3) is 0 Å². The highest BCUT2D eigenvalue weighted by Crippen LogP contribution is 2.11. The second kappa shape index (κ2) is 19.2. The van der Waals surface area contributed by atoms with Crippen LogP contribution in [0.25, 0.3) is 0 Å². The molecule has 2 rings (SSSR count). The summed E-state index contributed by atoms with van der Waals surface area (Å²) < 4.78 is 10.2. The van der Waals surface area contributed by atoms with E-state index < -0.39 is 47.9 Å². The lowest BCUT2D eigenvalue weighted by atomic mass is 10.00. The summed E-state index contributed by atoms with van der Waals surface area (Å²) in [7, 11) is 0. The molecule has 0 saturated heterocycles. The maximum absolute atomic E-state index is 13.6. The van der Waals surface area contributed by atoms with E-state index in [1.165, 1.54) is 6.08 Å². The van der Waals surface area contributed by atoms with Crippen molar-refractivity contribution in [2.45, 2.75) is 71.2 Å². The predicted octanol–water partition coefficient (Wildman–Crippen LogP) is 2.80. The van der Waals surface area contributed by atoms with Crippen LogP contribution in [0.3, 0.4) is 0 Å². The minimum absolute atomic E-state index is 0.00664. The van der Waals surface area contributed by atoms with Gasteiger partial charge in [-0.25, -0.2) is 9.59 Å². The standard InChI is InChI=1S/C33H41N5O7/c1-4-44-30(40)17-15-26(14-16-29(35)39)36-31(41)28(19-23-10-12-24(20-34)13-11-23)37-32(42)27(18-22(2)3)38-33(43)45-21-25-8-6-5-7-9-25/h5-13,15,17,22,26-28H,4,14,16,18-19,21H2,1-3H3,(H2,35,39)(H,36,41)(H,37,42)(H,38,43)/b17-15+/t26-,27-,28-/m0/s1. The first-order valence-electron chi connectivity index (χ1n) is 14.7. The zero-order chi connectivity index (χ0) is 33.2. The zero-order valence-electron chi connectivity index (χ0n) is 25.8. The van der Waals surface area contributed by atoms with Crippen molar-refractivity contribution >= 4 is 29.8 Å². The smallest absolute Gasteiger partial charge is 0.408 e. The van der Waals surface area contributed by atoms with Crippen LogP contribution < -0.4 is 21.7 Å². The lowest BCUT2D eigenvalue weighted by molar-refractivity contribution is -0.137. The molecule has 2 aromatic carbocycles. The molecule has 12 nitrogen and oxygen atoms in total. The highest BCUT2D eigenvalue weighted by Gasteiger charge is 2.29. The van der Waals surface area contributed by atoms with Crippen molar-refractivity contribution in [1.29, 1.82) is 5.26 Å². The summed E-state index contributed by atoms with van der Waals surface area (Å²) in [5, 5.41) is 17.3. The monoisotopic (exact) mass is 619 g/mol. The van der Waals surface area contributed by atoms with Gasteiger partial charge in [-0.3, -0.25) is 14.4 Å². The van der Waals surface area contributed by atoms with Crippen LogP contribution in [0.15, 0.2) is 66.7 Å². The third-order valence-corrected chi connectivity index (χ3v) is 6.46. The fourth-order valence-electron chi connectivity index (χ4n) is 4.23. The van der Waals surface area contributed by atoms with Gasteiger partial charge in [-0.05, 0) is 48.9 Å². The summed E-state index contributed by atoms with van der Waals surface area (Å²) in [6, 6.07) is 14.7. The van der Waals surface area contributed by atoms with Gasteiger partial charge >= 0.3 is 12.1 Å². The topological polar surface area (TPSA) is 190 Å². The molecule has 0 fully saturated rings. The van der Waals surface area contributed by atoms with Gasteiger partial charge in [0, 0.05) is 25.0 Å². The van der Waals surface area contributed by atoms with Crippen LogP contribution in [0.4, 0.5) is 4.79 Å². The van der Waals surface area contributed by atoms with Crippen molar-refractivity contribution in [3.8, 4) is 6.07 Å². The summed E-state index contributed by atoms with van der Waals surface area (Å²) in [6.07, 6.45) is 2.08. The number of amides is 4. The average molecular weight is 620 g/mol. The van der Waals surface area contributed by atoms with Gasteiger partial charge in [0.15, 0.2) is 0 Å². The second-order valence-electron chi connectivity index (χ2n) is 10.7. The quantitative estimate of drug-likeness (QED) is 0.154. The Balaban J connectivity index is 2.26. The molecule has 0 aliphatic rings. The van der Waals surface area contributed by atoms with Gasteiger partial charge in [-0.15, -0.1) is 0 Å². The average Bonchev–Trinajstić information content (AvgIpc) is 3.01. The first kappa shape index (κ1) is 36.0. The molecule has 2 aromatic rings. The second-order valence-corrected chi connectivity index (χ2v) is 10.7. The van der Waals surface area contributed by atoms with Gasteiger partial charge < -0.3 is 31.2 Å². The van der Waals surface area contributed by atoms with Gasteiger partial charge in [0.1, 0.15) is 18.7 Å².